The summed E-state index contributed by atoms with van der Waals surface area (Å²) in [5, 5.41) is 10.8. The van der Waals surface area contributed by atoms with Crippen LogP contribution in [0.3, 0.4) is 0 Å². The molecule has 5 nitrogen and oxygen atoms in total. The molecule has 0 amide bonds. The van der Waals surface area contributed by atoms with Gasteiger partial charge in [0.1, 0.15) is 11.5 Å². The molecule has 0 fully saturated rings. The Hall–Kier alpha value is -2.56. The third-order valence-electron chi connectivity index (χ3n) is 2.68. The van der Waals surface area contributed by atoms with Gasteiger partial charge in [-0.3, -0.25) is 10.1 Å². The maximum atomic E-state index is 10.8. The average molecular weight is 258 g/mol. The second kappa shape index (κ2) is 4.97. The van der Waals surface area contributed by atoms with Crippen LogP contribution in [0.4, 0.5) is 11.4 Å². The number of nitrogens with zero attached hydrogens (tertiary/aromatic N) is 1. The molecule has 2 aromatic rings. The van der Waals surface area contributed by atoms with Crippen molar-refractivity contribution in [3.63, 3.8) is 0 Å². The number of rotatable bonds is 3. The highest BCUT2D eigenvalue weighted by Crippen LogP contribution is 2.30. The van der Waals surface area contributed by atoms with Gasteiger partial charge in [-0.15, -0.1) is 0 Å². The standard InChI is InChI=1S/C14H14N2O3/c1-9-3-4-14(10(2)5-9)19-13-7-11(15)6-12(8-13)16(17)18/h3-8H,15H2,1-2H3. The number of nitro benzene ring substituents is 1. The second-order valence-corrected chi connectivity index (χ2v) is 4.39. The topological polar surface area (TPSA) is 78.4 Å². The van der Waals surface area contributed by atoms with Crippen LogP contribution in [-0.4, -0.2) is 4.92 Å². The number of nitro groups is 1. The van der Waals surface area contributed by atoms with E-state index in [1.54, 1.807) is 6.07 Å². The summed E-state index contributed by atoms with van der Waals surface area (Å²) in [4.78, 5) is 10.3. The summed E-state index contributed by atoms with van der Waals surface area (Å²) in [7, 11) is 0. The van der Waals surface area contributed by atoms with Gasteiger partial charge in [0.15, 0.2) is 0 Å². The van der Waals surface area contributed by atoms with E-state index in [1.807, 2.05) is 32.0 Å². The van der Waals surface area contributed by atoms with Crippen LogP contribution in [0.1, 0.15) is 11.1 Å². The van der Waals surface area contributed by atoms with Crippen LogP contribution in [-0.2, 0) is 0 Å². The van der Waals surface area contributed by atoms with Crippen LogP contribution in [0.25, 0.3) is 0 Å². The summed E-state index contributed by atoms with van der Waals surface area (Å²) in [6.45, 7) is 3.91. The highest BCUT2D eigenvalue weighted by Gasteiger charge is 2.10. The lowest BCUT2D eigenvalue weighted by Crippen LogP contribution is -1.94. The maximum absolute atomic E-state index is 10.8. The highest BCUT2D eigenvalue weighted by molar-refractivity contribution is 5.54. The maximum Gasteiger partial charge on any atom is 0.275 e. The predicted octanol–water partition coefficient (Wildman–Crippen LogP) is 3.59. The Morgan fingerprint density at radius 3 is 2.53 bits per heavy atom. The third-order valence-corrected chi connectivity index (χ3v) is 2.68. The lowest BCUT2D eigenvalue weighted by atomic mass is 10.1. The van der Waals surface area contributed by atoms with Crippen molar-refractivity contribution in [2.45, 2.75) is 13.8 Å². The summed E-state index contributed by atoms with van der Waals surface area (Å²) in [5.41, 5.74) is 7.94. The van der Waals surface area contributed by atoms with Crippen LogP contribution in [0.5, 0.6) is 11.5 Å². The van der Waals surface area contributed by atoms with Crippen molar-refractivity contribution < 1.29 is 9.66 Å². The molecule has 2 aromatic carbocycles. The number of hydrogen-bond acceptors (Lipinski definition) is 4. The van der Waals surface area contributed by atoms with Gasteiger partial charge in [-0.1, -0.05) is 17.7 Å². The van der Waals surface area contributed by atoms with Gasteiger partial charge in [0, 0.05) is 17.8 Å². The number of nitrogen functional groups attached to an aromatic ring is 1. The molecule has 0 heterocycles. The molecular weight excluding hydrogens is 244 g/mol. The van der Waals surface area contributed by atoms with E-state index in [0.717, 1.165) is 11.1 Å². The molecule has 0 aliphatic carbocycles. The summed E-state index contributed by atoms with van der Waals surface area (Å²) < 4.78 is 5.65. The first-order chi connectivity index (χ1) is 8.95. The van der Waals surface area contributed by atoms with E-state index in [2.05, 4.69) is 0 Å². The summed E-state index contributed by atoms with van der Waals surface area (Å²) in [6.07, 6.45) is 0. The zero-order valence-electron chi connectivity index (χ0n) is 10.7. The molecule has 2 rings (SSSR count). The quantitative estimate of drug-likeness (QED) is 0.518. The van der Waals surface area contributed by atoms with Crippen LogP contribution in [0.2, 0.25) is 0 Å². The minimum Gasteiger partial charge on any atom is -0.457 e. The van der Waals surface area contributed by atoms with Crippen molar-refractivity contribution in [1.29, 1.82) is 0 Å². The minimum atomic E-state index is -0.495. The molecule has 0 spiro atoms. The van der Waals surface area contributed by atoms with Crippen molar-refractivity contribution >= 4 is 11.4 Å². The van der Waals surface area contributed by atoms with E-state index in [-0.39, 0.29) is 5.69 Å². The van der Waals surface area contributed by atoms with Crippen molar-refractivity contribution in [2.24, 2.45) is 0 Å². The molecule has 0 unspecified atom stereocenters. The summed E-state index contributed by atoms with van der Waals surface area (Å²) >= 11 is 0. The summed E-state index contributed by atoms with van der Waals surface area (Å²) in [6, 6.07) is 9.95. The number of aryl methyl sites for hydroxylation is 2. The normalized spacial score (nSPS) is 10.2. The van der Waals surface area contributed by atoms with E-state index < -0.39 is 4.92 Å². The number of non-ortho nitro benzene ring substituents is 1. The number of anilines is 1. The third kappa shape index (κ3) is 3.01. The predicted molar refractivity (Wildman–Crippen MR) is 73.5 cm³/mol. The van der Waals surface area contributed by atoms with E-state index >= 15 is 0 Å². The molecule has 0 radical (unpaired) electrons. The number of ether oxygens (including phenoxy) is 1. The molecule has 0 aliphatic rings. The van der Waals surface area contributed by atoms with Gasteiger partial charge in [-0.25, -0.2) is 0 Å². The molecule has 19 heavy (non-hydrogen) atoms. The van der Waals surface area contributed by atoms with Gasteiger partial charge in [0.05, 0.1) is 11.0 Å². The Kier molecular flexibility index (Phi) is 3.37. The minimum absolute atomic E-state index is 0.0836. The Balaban J connectivity index is 2.35. The molecular formula is C14H14N2O3. The number of hydrogen-bond donors (Lipinski definition) is 1. The van der Waals surface area contributed by atoms with Crippen LogP contribution < -0.4 is 10.5 Å². The first-order valence-electron chi connectivity index (χ1n) is 5.76. The molecule has 98 valence electrons. The monoisotopic (exact) mass is 258 g/mol. The molecule has 0 atom stereocenters. The Morgan fingerprint density at radius 2 is 1.89 bits per heavy atom. The van der Waals surface area contributed by atoms with Crippen molar-refractivity contribution in [3.8, 4) is 11.5 Å². The lowest BCUT2D eigenvalue weighted by Gasteiger charge is -2.09. The molecule has 5 heteroatoms. The Labute approximate surface area is 110 Å². The van der Waals surface area contributed by atoms with Gasteiger partial charge in [0.2, 0.25) is 0 Å². The molecule has 0 aromatic heterocycles. The smallest absolute Gasteiger partial charge is 0.275 e. The van der Waals surface area contributed by atoms with E-state index in [9.17, 15) is 10.1 Å². The fraction of sp³-hybridized carbons (Fsp3) is 0.143. The first kappa shape index (κ1) is 12.9. The van der Waals surface area contributed by atoms with E-state index in [0.29, 0.717) is 17.2 Å². The van der Waals surface area contributed by atoms with Crippen LogP contribution in [0, 0.1) is 24.0 Å². The summed E-state index contributed by atoms with van der Waals surface area (Å²) in [5.74, 6) is 1.02. The molecule has 0 bridgehead atoms. The molecule has 2 N–H and O–H groups in total. The van der Waals surface area contributed by atoms with Crippen LogP contribution >= 0.6 is 0 Å². The van der Waals surface area contributed by atoms with Crippen molar-refractivity contribution in [2.75, 3.05) is 5.73 Å². The van der Waals surface area contributed by atoms with E-state index in [1.165, 1.54) is 12.1 Å². The van der Waals surface area contributed by atoms with Gasteiger partial charge in [-0.05, 0) is 25.5 Å². The van der Waals surface area contributed by atoms with E-state index in [4.69, 9.17) is 10.5 Å². The van der Waals surface area contributed by atoms with Gasteiger partial charge < -0.3 is 10.5 Å². The lowest BCUT2D eigenvalue weighted by molar-refractivity contribution is -0.384. The highest BCUT2D eigenvalue weighted by atomic mass is 16.6. The first-order valence-corrected chi connectivity index (χ1v) is 5.76. The number of nitrogens with two attached hydrogens (primary N) is 1. The fourth-order valence-corrected chi connectivity index (χ4v) is 1.81. The zero-order valence-corrected chi connectivity index (χ0v) is 10.7. The molecule has 0 saturated heterocycles. The fourth-order valence-electron chi connectivity index (χ4n) is 1.81. The van der Waals surface area contributed by atoms with Gasteiger partial charge in [-0.2, -0.15) is 0 Å². The second-order valence-electron chi connectivity index (χ2n) is 4.39. The van der Waals surface area contributed by atoms with Crippen LogP contribution in [0.15, 0.2) is 36.4 Å². The van der Waals surface area contributed by atoms with Gasteiger partial charge >= 0.3 is 0 Å². The Morgan fingerprint density at radius 1 is 1.16 bits per heavy atom. The molecule has 0 saturated carbocycles. The Bertz CT molecular complexity index is 639. The largest absolute Gasteiger partial charge is 0.457 e. The average Bonchev–Trinajstić information content (AvgIpc) is 2.32. The SMILES string of the molecule is Cc1ccc(Oc2cc(N)cc([N+](=O)[O-])c2)c(C)c1. The molecule has 0 aliphatic heterocycles. The zero-order chi connectivity index (χ0) is 14.0. The van der Waals surface area contributed by atoms with Crippen molar-refractivity contribution in [3.05, 3.63) is 57.6 Å². The number of benzene rings is 2. The van der Waals surface area contributed by atoms with Crippen molar-refractivity contribution in [1.82, 2.24) is 0 Å². The van der Waals surface area contributed by atoms with Gasteiger partial charge in [0.25, 0.3) is 5.69 Å².